The van der Waals surface area contributed by atoms with Crippen molar-refractivity contribution in [1.82, 2.24) is 5.32 Å². The van der Waals surface area contributed by atoms with Crippen LogP contribution in [0.3, 0.4) is 0 Å². The van der Waals surface area contributed by atoms with Crippen LogP contribution in [0, 0.1) is 6.20 Å². The first-order chi connectivity index (χ1) is 6.81. The van der Waals surface area contributed by atoms with E-state index in [1.807, 2.05) is 18.2 Å². The van der Waals surface area contributed by atoms with Crippen molar-refractivity contribution in [3.63, 3.8) is 0 Å². The molecule has 0 aliphatic carbocycles. The van der Waals surface area contributed by atoms with Crippen molar-refractivity contribution in [1.29, 1.82) is 0 Å². The van der Waals surface area contributed by atoms with Crippen LogP contribution >= 0.6 is 0 Å². The van der Waals surface area contributed by atoms with Crippen molar-refractivity contribution < 1.29 is 5.11 Å². The van der Waals surface area contributed by atoms with Gasteiger partial charge in [0.1, 0.15) is 5.75 Å². The molecule has 1 unspecified atom stereocenters. The summed E-state index contributed by atoms with van der Waals surface area (Å²) >= 11 is 0. The van der Waals surface area contributed by atoms with Gasteiger partial charge in [-0.15, -0.1) is 6.58 Å². The lowest BCUT2D eigenvalue weighted by Gasteiger charge is -2.22. The summed E-state index contributed by atoms with van der Waals surface area (Å²) < 4.78 is 0. The highest BCUT2D eigenvalue weighted by atomic mass is 16.3. The smallest absolute Gasteiger partial charge is 0.115 e. The molecule has 2 N–H and O–H groups in total. The first-order valence-electron chi connectivity index (χ1n) is 4.59. The number of phenols is 1. The molecular formula is C12H12NO. The number of benzene rings is 1. The molecule has 2 heteroatoms. The molecule has 0 spiro atoms. The van der Waals surface area contributed by atoms with E-state index in [2.05, 4.69) is 18.1 Å². The maximum absolute atomic E-state index is 9.39. The summed E-state index contributed by atoms with van der Waals surface area (Å²) in [5, 5.41) is 12.5. The van der Waals surface area contributed by atoms with Gasteiger partial charge >= 0.3 is 0 Å². The molecule has 0 fully saturated rings. The number of rotatable bonds is 2. The van der Waals surface area contributed by atoms with E-state index in [4.69, 9.17) is 0 Å². The fraction of sp³-hybridized carbons (Fsp3) is 0.167. The van der Waals surface area contributed by atoms with Crippen LogP contribution in [0.1, 0.15) is 23.6 Å². The van der Waals surface area contributed by atoms with Crippen LogP contribution in [-0.2, 0) is 0 Å². The Balaban J connectivity index is 2.42. The Bertz CT molecular complexity index is 382. The number of fused-ring (bicyclic) bond motifs is 1. The molecule has 1 radical (unpaired) electrons. The first kappa shape index (κ1) is 8.88. The summed E-state index contributed by atoms with van der Waals surface area (Å²) in [5.74, 6) is 0.301. The third-order valence-electron chi connectivity index (χ3n) is 2.33. The molecule has 14 heavy (non-hydrogen) atoms. The summed E-state index contributed by atoms with van der Waals surface area (Å²) in [6.45, 7) is 3.71. The Labute approximate surface area is 83.6 Å². The van der Waals surface area contributed by atoms with Crippen LogP contribution in [-0.4, -0.2) is 5.11 Å². The third kappa shape index (κ3) is 1.51. The van der Waals surface area contributed by atoms with E-state index in [-0.39, 0.29) is 6.04 Å². The van der Waals surface area contributed by atoms with Gasteiger partial charge in [-0.3, -0.25) is 0 Å². The second-order valence-electron chi connectivity index (χ2n) is 3.32. The fourth-order valence-electron chi connectivity index (χ4n) is 1.65. The predicted octanol–water partition coefficient (Wildman–Crippen LogP) is 2.39. The van der Waals surface area contributed by atoms with Crippen molar-refractivity contribution in [2.75, 3.05) is 0 Å². The second-order valence-corrected chi connectivity index (χ2v) is 3.32. The van der Waals surface area contributed by atoms with Crippen molar-refractivity contribution in [3.05, 3.63) is 48.2 Å². The van der Waals surface area contributed by atoms with E-state index in [0.717, 1.165) is 17.5 Å². The van der Waals surface area contributed by atoms with Crippen molar-refractivity contribution >= 4 is 6.08 Å². The van der Waals surface area contributed by atoms with E-state index in [0.29, 0.717) is 5.75 Å². The molecule has 0 saturated heterocycles. The molecule has 1 aliphatic heterocycles. The highest BCUT2D eigenvalue weighted by Gasteiger charge is 2.15. The zero-order valence-electron chi connectivity index (χ0n) is 7.83. The van der Waals surface area contributed by atoms with Gasteiger partial charge in [-0.1, -0.05) is 12.1 Å². The van der Waals surface area contributed by atoms with Crippen molar-refractivity contribution in [2.24, 2.45) is 0 Å². The molecule has 1 atom stereocenters. The minimum Gasteiger partial charge on any atom is -0.508 e. The van der Waals surface area contributed by atoms with Gasteiger partial charge in [-0.2, -0.15) is 0 Å². The molecule has 71 valence electrons. The van der Waals surface area contributed by atoms with E-state index in [1.165, 1.54) is 0 Å². The maximum atomic E-state index is 9.39. The Kier molecular flexibility index (Phi) is 2.27. The van der Waals surface area contributed by atoms with Gasteiger partial charge in [0.2, 0.25) is 0 Å². The zero-order chi connectivity index (χ0) is 9.97. The standard InChI is InChI=1S/C12H12NO/c1-2-3-12-11-8-10(14)5-4-9(11)6-7-13-12/h2,4-6,8,12-14H,1,3H2. The van der Waals surface area contributed by atoms with Crippen LogP contribution < -0.4 is 5.32 Å². The normalized spacial score (nSPS) is 18.4. The summed E-state index contributed by atoms with van der Waals surface area (Å²) in [6.07, 6.45) is 7.56. The van der Waals surface area contributed by atoms with Crippen LogP contribution in [0.5, 0.6) is 5.75 Å². The van der Waals surface area contributed by atoms with E-state index >= 15 is 0 Å². The Morgan fingerprint density at radius 2 is 2.43 bits per heavy atom. The predicted molar refractivity (Wildman–Crippen MR) is 56.5 cm³/mol. The molecule has 0 saturated carbocycles. The molecule has 0 amide bonds. The van der Waals surface area contributed by atoms with Crippen molar-refractivity contribution in [2.45, 2.75) is 12.5 Å². The van der Waals surface area contributed by atoms with E-state index < -0.39 is 0 Å². The minimum atomic E-state index is 0.180. The zero-order valence-corrected chi connectivity index (χ0v) is 7.83. The average Bonchev–Trinajstić information content (AvgIpc) is 2.19. The van der Waals surface area contributed by atoms with E-state index in [9.17, 15) is 5.11 Å². The van der Waals surface area contributed by atoms with E-state index in [1.54, 1.807) is 12.1 Å². The fourth-order valence-corrected chi connectivity index (χ4v) is 1.65. The van der Waals surface area contributed by atoms with Crippen LogP contribution in [0.4, 0.5) is 0 Å². The number of aromatic hydroxyl groups is 1. The van der Waals surface area contributed by atoms with Crippen LogP contribution in [0.2, 0.25) is 0 Å². The maximum Gasteiger partial charge on any atom is 0.115 e. The second kappa shape index (κ2) is 3.58. The Morgan fingerprint density at radius 1 is 1.57 bits per heavy atom. The molecule has 2 nitrogen and oxygen atoms in total. The lowest BCUT2D eigenvalue weighted by Crippen LogP contribution is -2.19. The van der Waals surface area contributed by atoms with Crippen molar-refractivity contribution in [3.8, 4) is 5.75 Å². The Morgan fingerprint density at radius 3 is 3.21 bits per heavy atom. The number of hydrogen-bond acceptors (Lipinski definition) is 2. The van der Waals surface area contributed by atoms with Gasteiger partial charge in [0.15, 0.2) is 0 Å². The number of hydrogen-bond donors (Lipinski definition) is 2. The molecule has 0 bridgehead atoms. The molecule has 2 rings (SSSR count). The number of phenolic OH excluding ortho intramolecular Hbond substituents is 1. The van der Waals surface area contributed by atoms with Gasteiger partial charge in [0, 0.05) is 0 Å². The Hall–Kier alpha value is -1.70. The summed E-state index contributed by atoms with van der Waals surface area (Å²) in [5.41, 5.74) is 2.21. The van der Waals surface area contributed by atoms with Gasteiger partial charge in [-0.05, 0) is 35.8 Å². The molecule has 1 aromatic carbocycles. The molecule has 1 aromatic rings. The quantitative estimate of drug-likeness (QED) is 0.695. The van der Waals surface area contributed by atoms with Crippen LogP contribution in [0.15, 0.2) is 30.9 Å². The lowest BCUT2D eigenvalue weighted by atomic mass is 9.95. The summed E-state index contributed by atoms with van der Waals surface area (Å²) in [7, 11) is 0. The highest BCUT2D eigenvalue weighted by molar-refractivity contribution is 5.57. The van der Waals surface area contributed by atoms with Gasteiger partial charge < -0.3 is 10.4 Å². The third-order valence-corrected chi connectivity index (χ3v) is 2.33. The highest BCUT2D eigenvalue weighted by Crippen LogP contribution is 2.28. The summed E-state index contributed by atoms with van der Waals surface area (Å²) in [6, 6.07) is 5.55. The molecule has 1 aliphatic rings. The summed E-state index contributed by atoms with van der Waals surface area (Å²) in [4.78, 5) is 0. The van der Waals surface area contributed by atoms with Gasteiger partial charge in [-0.25, -0.2) is 0 Å². The largest absolute Gasteiger partial charge is 0.508 e. The average molecular weight is 186 g/mol. The first-order valence-corrected chi connectivity index (χ1v) is 4.59. The molecule has 0 aromatic heterocycles. The molecular weight excluding hydrogens is 174 g/mol. The monoisotopic (exact) mass is 186 g/mol. The molecule has 1 heterocycles. The van der Waals surface area contributed by atoms with Gasteiger partial charge in [0.25, 0.3) is 0 Å². The topological polar surface area (TPSA) is 32.3 Å². The lowest BCUT2D eigenvalue weighted by molar-refractivity contribution is 0.472. The number of nitrogens with one attached hydrogen (secondary N) is 1. The minimum absolute atomic E-state index is 0.180. The van der Waals surface area contributed by atoms with Gasteiger partial charge in [0.05, 0.1) is 12.2 Å². The van der Waals surface area contributed by atoms with Crippen LogP contribution in [0.25, 0.3) is 6.08 Å². The SMILES string of the molecule is C=CCC1N[C]=Cc2ccc(O)cc21.